The van der Waals surface area contributed by atoms with Crippen LogP contribution < -0.4 is 5.32 Å². The Morgan fingerprint density at radius 1 is 1.37 bits per heavy atom. The Labute approximate surface area is 113 Å². The lowest BCUT2D eigenvalue weighted by atomic mass is 10.1. The predicted octanol–water partition coefficient (Wildman–Crippen LogP) is 1.19. The Morgan fingerprint density at radius 2 is 2.00 bits per heavy atom. The summed E-state index contributed by atoms with van der Waals surface area (Å²) in [6.07, 6.45) is 5.13. The van der Waals surface area contributed by atoms with Crippen molar-refractivity contribution in [2.24, 2.45) is 0 Å². The van der Waals surface area contributed by atoms with Crippen LogP contribution in [0.1, 0.15) is 45.4 Å². The molecule has 0 aromatic carbocycles. The minimum Gasteiger partial charge on any atom is -0.480 e. The number of nitrogens with zero attached hydrogens (tertiary/aromatic N) is 1. The molecule has 1 unspecified atom stereocenters. The third kappa shape index (κ3) is 4.70. The predicted molar refractivity (Wildman–Crippen MR) is 70.9 cm³/mol. The highest BCUT2D eigenvalue weighted by molar-refractivity contribution is 5.82. The van der Waals surface area contributed by atoms with Crippen LogP contribution in [0.5, 0.6) is 0 Å². The zero-order chi connectivity index (χ0) is 14.3. The fourth-order valence-corrected chi connectivity index (χ4v) is 2.55. The number of carboxylic acid groups (broad SMARTS) is 1. The van der Waals surface area contributed by atoms with E-state index < -0.39 is 12.0 Å². The Balaban J connectivity index is 2.61. The van der Waals surface area contributed by atoms with E-state index >= 15 is 0 Å². The van der Waals surface area contributed by atoms with Gasteiger partial charge in [0.1, 0.15) is 6.04 Å². The summed E-state index contributed by atoms with van der Waals surface area (Å²) in [6.45, 7) is 2.04. The van der Waals surface area contributed by atoms with Gasteiger partial charge in [0.25, 0.3) is 0 Å². The highest BCUT2D eigenvalue weighted by atomic mass is 16.4. The number of urea groups is 1. The number of aliphatic carboxylic acids is 1. The van der Waals surface area contributed by atoms with E-state index in [0.717, 1.165) is 25.7 Å². The van der Waals surface area contributed by atoms with Gasteiger partial charge in [-0.1, -0.05) is 26.2 Å². The molecule has 3 N–H and O–H groups in total. The van der Waals surface area contributed by atoms with Crippen LogP contribution in [0, 0.1) is 0 Å². The first-order valence-corrected chi connectivity index (χ1v) is 7.01. The molecule has 19 heavy (non-hydrogen) atoms. The van der Waals surface area contributed by atoms with Gasteiger partial charge < -0.3 is 20.4 Å². The molecule has 1 rings (SSSR count). The molecule has 0 spiro atoms. The summed E-state index contributed by atoms with van der Waals surface area (Å²) in [5.74, 6) is -1.01. The fraction of sp³-hybridized carbons (Fsp3) is 0.846. The van der Waals surface area contributed by atoms with Gasteiger partial charge >= 0.3 is 12.0 Å². The molecular weight excluding hydrogens is 248 g/mol. The van der Waals surface area contributed by atoms with Crippen molar-refractivity contribution in [3.05, 3.63) is 0 Å². The first-order valence-electron chi connectivity index (χ1n) is 7.01. The molecule has 1 atom stereocenters. The molecule has 6 nitrogen and oxygen atoms in total. The van der Waals surface area contributed by atoms with Crippen LogP contribution in [0.4, 0.5) is 4.79 Å². The molecule has 1 fully saturated rings. The Kier molecular flexibility index (Phi) is 6.62. The minimum absolute atomic E-state index is 0.102. The van der Waals surface area contributed by atoms with E-state index in [4.69, 9.17) is 10.2 Å². The van der Waals surface area contributed by atoms with Crippen molar-refractivity contribution >= 4 is 12.0 Å². The van der Waals surface area contributed by atoms with E-state index in [2.05, 4.69) is 5.32 Å². The Bertz CT molecular complexity index is 303. The summed E-state index contributed by atoms with van der Waals surface area (Å²) in [5.41, 5.74) is 0. The third-order valence-corrected chi connectivity index (χ3v) is 3.54. The maximum atomic E-state index is 12.2. The lowest BCUT2D eigenvalue weighted by Gasteiger charge is -2.29. The summed E-state index contributed by atoms with van der Waals surface area (Å²) in [5, 5.41) is 20.7. The molecule has 6 heteroatoms. The van der Waals surface area contributed by atoms with Gasteiger partial charge in [0.15, 0.2) is 0 Å². The molecule has 1 saturated carbocycles. The summed E-state index contributed by atoms with van der Waals surface area (Å²) in [7, 11) is 0. The first-order chi connectivity index (χ1) is 9.10. The van der Waals surface area contributed by atoms with Gasteiger partial charge in [-0.3, -0.25) is 0 Å². The summed E-state index contributed by atoms with van der Waals surface area (Å²) >= 11 is 0. The van der Waals surface area contributed by atoms with Crippen LogP contribution in [0.15, 0.2) is 0 Å². The van der Waals surface area contributed by atoms with Gasteiger partial charge in [-0.15, -0.1) is 0 Å². The van der Waals surface area contributed by atoms with Crippen molar-refractivity contribution < 1.29 is 19.8 Å². The molecule has 0 bridgehead atoms. The van der Waals surface area contributed by atoms with E-state index in [0.29, 0.717) is 12.8 Å². The lowest BCUT2D eigenvalue weighted by Crippen LogP contribution is -2.51. The number of aliphatic hydroxyl groups excluding tert-OH is 1. The van der Waals surface area contributed by atoms with Gasteiger partial charge in [0, 0.05) is 12.6 Å². The molecule has 0 aromatic heterocycles. The third-order valence-electron chi connectivity index (χ3n) is 3.54. The second-order valence-corrected chi connectivity index (χ2v) is 4.98. The largest absolute Gasteiger partial charge is 0.480 e. The number of rotatable bonds is 7. The summed E-state index contributed by atoms with van der Waals surface area (Å²) in [4.78, 5) is 24.8. The van der Waals surface area contributed by atoms with E-state index in [1.165, 1.54) is 0 Å². The van der Waals surface area contributed by atoms with Crippen LogP contribution in [-0.4, -0.2) is 52.3 Å². The van der Waals surface area contributed by atoms with Crippen molar-refractivity contribution in [1.82, 2.24) is 10.2 Å². The number of nitrogens with one attached hydrogen (secondary N) is 1. The normalized spacial score (nSPS) is 17.2. The number of carboxylic acids is 1. The molecular formula is C13H24N2O4. The average molecular weight is 272 g/mol. The molecule has 0 aliphatic heterocycles. The minimum atomic E-state index is -1.01. The second-order valence-electron chi connectivity index (χ2n) is 4.98. The molecule has 0 saturated heterocycles. The highest BCUT2D eigenvalue weighted by Gasteiger charge is 2.28. The van der Waals surface area contributed by atoms with Gasteiger partial charge in [0.2, 0.25) is 0 Å². The number of hydrogen-bond acceptors (Lipinski definition) is 3. The Morgan fingerprint density at radius 3 is 2.47 bits per heavy atom. The van der Waals surface area contributed by atoms with E-state index in [9.17, 15) is 9.59 Å². The lowest BCUT2D eigenvalue weighted by molar-refractivity contribution is -0.139. The summed E-state index contributed by atoms with van der Waals surface area (Å²) in [6, 6.07) is -1.09. The van der Waals surface area contributed by atoms with Crippen LogP contribution in [0.25, 0.3) is 0 Å². The average Bonchev–Trinajstić information content (AvgIpc) is 2.88. The molecule has 0 radical (unpaired) electrons. The number of amides is 2. The maximum absolute atomic E-state index is 12.2. The number of hydrogen-bond donors (Lipinski definition) is 3. The van der Waals surface area contributed by atoms with Crippen LogP contribution in [0.2, 0.25) is 0 Å². The Hall–Kier alpha value is -1.30. The zero-order valence-corrected chi connectivity index (χ0v) is 11.5. The number of carbonyl (C=O) groups is 2. The van der Waals surface area contributed by atoms with Gasteiger partial charge in [-0.05, 0) is 19.3 Å². The molecule has 110 valence electrons. The molecule has 1 aliphatic rings. The van der Waals surface area contributed by atoms with E-state index in [1.54, 1.807) is 4.90 Å². The molecule has 0 heterocycles. The van der Waals surface area contributed by atoms with Crippen LogP contribution in [0.3, 0.4) is 0 Å². The monoisotopic (exact) mass is 272 g/mol. The van der Waals surface area contributed by atoms with Crippen molar-refractivity contribution in [2.45, 2.75) is 57.5 Å². The zero-order valence-electron chi connectivity index (χ0n) is 11.5. The maximum Gasteiger partial charge on any atom is 0.326 e. The van der Waals surface area contributed by atoms with Gasteiger partial charge in [-0.2, -0.15) is 0 Å². The quantitative estimate of drug-likeness (QED) is 0.649. The number of aliphatic hydroxyl groups is 1. The standard InChI is InChI=1S/C13H24N2O4/c1-2-5-11(12(17)18)14-13(19)15(8-9-16)10-6-3-4-7-10/h10-11,16H,2-9H2,1H3,(H,14,19)(H,17,18). The number of carbonyl (C=O) groups excluding carboxylic acids is 1. The van der Waals surface area contributed by atoms with Crippen molar-refractivity contribution in [3.8, 4) is 0 Å². The smallest absolute Gasteiger partial charge is 0.326 e. The fourth-order valence-electron chi connectivity index (χ4n) is 2.55. The molecule has 1 aliphatic carbocycles. The van der Waals surface area contributed by atoms with Crippen LogP contribution in [-0.2, 0) is 4.79 Å². The second kappa shape index (κ2) is 7.99. The van der Waals surface area contributed by atoms with E-state index in [1.807, 2.05) is 6.92 Å². The van der Waals surface area contributed by atoms with E-state index in [-0.39, 0.29) is 25.2 Å². The topological polar surface area (TPSA) is 89.9 Å². The first kappa shape index (κ1) is 15.8. The summed E-state index contributed by atoms with van der Waals surface area (Å²) < 4.78 is 0. The highest BCUT2D eigenvalue weighted by Crippen LogP contribution is 2.23. The molecule has 0 aromatic rings. The van der Waals surface area contributed by atoms with Crippen molar-refractivity contribution in [3.63, 3.8) is 0 Å². The van der Waals surface area contributed by atoms with Crippen LogP contribution >= 0.6 is 0 Å². The van der Waals surface area contributed by atoms with Crippen molar-refractivity contribution in [1.29, 1.82) is 0 Å². The van der Waals surface area contributed by atoms with Gasteiger partial charge in [0.05, 0.1) is 6.61 Å². The van der Waals surface area contributed by atoms with Gasteiger partial charge in [-0.25, -0.2) is 9.59 Å². The van der Waals surface area contributed by atoms with Crippen molar-refractivity contribution in [2.75, 3.05) is 13.2 Å². The SMILES string of the molecule is CCCC(NC(=O)N(CCO)C1CCCC1)C(=O)O. The molecule has 2 amide bonds.